The van der Waals surface area contributed by atoms with E-state index in [1.165, 1.54) is 38.5 Å². The first-order valence-electron chi connectivity index (χ1n) is 27.0. The number of carbonyl (C=O) groups is 8. The van der Waals surface area contributed by atoms with Gasteiger partial charge in [-0.25, -0.2) is 0 Å². The average Bonchev–Trinajstić information content (AvgIpc) is 4.07. The number of hydrogen-bond acceptors (Lipinski definition) is 20. The molecule has 80 heavy (non-hydrogen) atoms. The van der Waals surface area contributed by atoms with E-state index in [0.717, 1.165) is 51.2 Å². The van der Waals surface area contributed by atoms with Crippen molar-refractivity contribution in [1.29, 1.82) is 0 Å². The maximum absolute atomic E-state index is 14.5. The van der Waals surface area contributed by atoms with E-state index in [1.807, 2.05) is 10.6 Å². The van der Waals surface area contributed by atoms with Gasteiger partial charge in [0.15, 0.2) is 17.7 Å². The van der Waals surface area contributed by atoms with Crippen LogP contribution in [0, 0.1) is 0 Å². The number of benzene rings is 1. The van der Waals surface area contributed by atoms with Crippen LogP contribution in [0.2, 0.25) is 0 Å². The van der Waals surface area contributed by atoms with Crippen LogP contribution in [0.15, 0.2) is 18.2 Å². The second-order valence-electron chi connectivity index (χ2n) is 20.7. The summed E-state index contributed by atoms with van der Waals surface area (Å²) in [6.45, 7) is 2.03. The molecule has 3 aliphatic rings. The van der Waals surface area contributed by atoms with Crippen LogP contribution >= 0.6 is 0 Å². The number of nitrogens with one attached hydrogen (secondary N) is 5. The molecule has 17 N–H and O–H groups in total. The van der Waals surface area contributed by atoms with Crippen LogP contribution in [0.1, 0.15) is 141 Å². The Morgan fingerprint density at radius 1 is 0.738 bits per heavy atom. The molecule has 0 radical (unpaired) electrons. The molecule has 0 aliphatic carbocycles. The average molecular weight is 1160 g/mol. The second kappa shape index (κ2) is 31.4. The third-order valence-electron chi connectivity index (χ3n) is 14.2. The number of nitrogens with two attached hydrogens (primary N) is 1. The lowest BCUT2D eigenvalue weighted by atomic mass is 9.96. The van der Waals surface area contributed by atoms with E-state index in [4.69, 9.17) is 5.73 Å². The number of rotatable bonds is 24. The summed E-state index contributed by atoms with van der Waals surface area (Å²) in [7, 11) is -5.33. The lowest BCUT2D eigenvalue weighted by Crippen LogP contribution is -2.64. The molecule has 29 nitrogen and oxygen atoms in total. The number of aliphatic hydroxyl groups excluding tert-OH is 8. The van der Waals surface area contributed by atoms with Crippen LogP contribution in [0.3, 0.4) is 0 Å². The van der Waals surface area contributed by atoms with Gasteiger partial charge in [0, 0.05) is 32.4 Å². The third kappa shape index (κ3) is 19.7. The van der Waals surface area contributed by atoms with Crippen molar-refractivity contribution in [3.63, 3.8) is 0 Å². The van der Waals surface area contributed by atoms with Crippen LogP contribution in [0.5, 0.6) is 11.5 Å². The summed E-state index contributed by atoms with van der Waals surface area (Å²) in [6.07, 6.45) is -6.70. The normalized spacial score (nSPS) is 27.3. The first kappa shape index (κ1) is 66.7. The topological polar surface area (TPSA) is 475 Å². The minimum Gasteiger partial charge on any atom is -0.504 e. The molecule has 14 atom stereocenters. The highest BCUT2D eigenvalue weighted by molar-refractivity contribution is 7.81. The van der Waals surface area contributed by atoms with E-state index in [9.17, 15) is 97.3 Å². The number of phenols is 1. The summed E-state index contributed by atoms with van der Waals surface area (Å²) < 4.78 is 36.5. The van der Waals surface area contributed by atoms with E-state index in [0.29, 0.717) is 28.7 Å². The molecule has 1 aromatic carbocycles. The van der Waals surface area contributed by atoms with Crippen molar-refractivity contribution in [3.8, 4) is 11.5 Å². The molecule has 0 spiro atoms. The second-order valence-corrected chi connectivity index (χ2v) is 21.7. The quantitative estimate of drug-likeness (QED) is 0.0348. The Morgan fingerprint density at radius 2 is 1.30 bits per heavy atom. The molecule has 0 aromatic heterocycles. The van der Waals surface area contributed by atoms with Crippen LogP contribution in [0.4, 0.5) is 0 Å². The van der Waals surface area contributed by atoms with Gasteiger partial charge in [0.1, 0.15) is 54.6 Å². The fraction of sp³-hybridized carbons (Fsp3) is 0.720. The Bertz CT molecular complexity index is 2400. The smallest absolute Gasteiger partial charge is 0.446 e. The van der Waals surface area contributed by atoms with Crippen molar-refractivity contribution in [2.75, 3.05) is 13.1 Å². The first-order chi connectivity index (χ1) is 37.6. The summed E-state index contributed by atoms with van der Waals surface area (Å²) in [5, 5.41) is 111. The van der Waals surface area contributed by atoms with Gasteiger partial charge in [-0.2, -0.15) is 8.42 Å². The number of aliphatic hydroxyl groups is 8. The summed E-state index contributed by atoms with van der Waals surface area (Å²) in [5.74, 6) is -12.3. The first-order valence-corrected chi connectivity index (χ1v) is 28.4. The Labute approximate surface area is 462 Å². The number of phenolic OH excluding ortho intramolecular Hbond substituents is 1. The largest absolute Gasteiger partial charge is 0.504 e. The molecule has 3 saturated heterocycles. The standard InChI is InChI=1S/C50H80N8O21S/c1-3-4-5-6-7-8-9-10-11-12-13-14-15-16-37(66)52-29-23-34(64)46(71)56-48(73)41-32(62)19-20-57(41)50(75)39(33(63)24-36(51)65)54-47(72)40(43(68)42(67)27-17-18-31(61)35(21-27)79-80(76,77)78)55-45(70)30-22-28(60)25-58(30)49(74)38(26(2)59)53-44(29)69/h17-18,21,26,28-30,32-34,38-43,46,59-64,67-68,71H,3-16,19-20,22-25H2,1-2H3,(H2,51,65)(H,52,66)(H,53,69)(H,54,72)(H,55,70)(H,56,73)(H,76,77,78). The number of fused-ring (bicyclic) bond motifs is 2. The van der Waals surface area contributed by atoms with E-state index in [-0.39, 0.29) is 12.8 Å². The van der Waals surface area contributed by atoms with Gasteiger partial charge >= 0.3 is 10.4 Å². The summed E-state index contributed by atoms with van der Waals surface area (Å²) in [5.41, 5.74) is 4.73. The Hall–Kier alpha value is -5.83. The zero-order chi connectivity index (χ0) is 59.6. The van der Waals surface area contributed by atoms with Crippen molar-refractivity contribution in [2.24, 2.45) is 5.73 Å². The summed E-state index contributed by atoms with van der Waals surface area (Å²) in [4.78, 5) is 113. The molecule has 8 amide bonds. The molecule has 14 unspecified atom stereocenters. The van der Waals surface area contributed by atoms with Crippen LogP contribution < -0.4 is 36.5 Å². The van der Waals surface area contributed by atoms with Gasteiger partial charge in [-0.1, -0.05) is 90.0 Å². The molecule has 452 valence electrons. The van der Waals surface area contributed by atoms with Crippen molar-refractivity contribution >= 4 is 57.7 Å². The van der Waals surface area contributed by atoms with E-state index >= 15 is 0 Å². The minimum absolute atomic E-state index is 0.112. The zero-order valence-electron chi connectivity index (χ0n) is 44.8. The Kier molecular flexibility index (Phi) is 26.2. The predicted molar refractivity (Wildman–Crippen MR) is 278 cm³/mol. The van der Waals surface area contributed by atoms with Gasteiger partial charge in [0.25, 0.3) is 0 Å². The van der Waals surface area contributed by atoms with Crippen molar-refractivity contribution < 1.29 is 101 Å². The van der Waals surface area contributed by atoms with Crippen LogP contribution in [0.25, 0.3) is 0 Å². The van der Waals surface area contributed by atoms with Crippen molar-refractivity contribution in [3.05, 3.63) is 23.8 Å². The monoisotopic (exact) mass is 1160 g/mol. The Morgan fingerprint density at radius 3 is 1.88 bits per heavy atom. The van der Waals surface area contributed by atoms with Gasteiger partial charge in [-0.05, 0) is 37.5 Å². The number of aromatic hydroxyl groups is 1. The number of amides is 8. The van der Waals surface area contributed by atoms with Gasteiger partial charge in [0.2, 0.25) is 47.3 Å². The molecule has 4 rings (SSSR count). The highest BCUT2D eigenvalue weighted by atomic mass is 32.3. The molecule has 0 bridgehead atoms. The van der Waals surface area contributed by atoms with Crippen molar-refractivity contribution in [1.82, 2.24) is 36.4 Å². The maximum atomic E-state index is 14.5. The lowest BCUT2D eigenvalue weighted by Gasteiger charge is -2.34. The molecule has 3 aliphatic heterocycles. The SMILES string of the molecule is CCCCCCCCCCCCCCCC(=O)NC1CC(O)C(O)NC(=O)C2C(O)CCN2C(=O)C(C(O)CC(N)=O)NC(=O)C(C(O)C(O)c2ccc(O)c(OS(=O)(=O)O)c2)NC(=O)C2CC(O)CN2C(=O)C(C(C)O)NC1=O. The van der Waals surface area contributed by atoms with Crippen LogP contribution in [-0.4, -0.2) is 208 Å². The van der Waals surface area contributed by atoms with Gasteiger partial charge in [-0.3, -0.25) is 42.9 Å². The fourth-order valence-corrected chi connectivity index (χ4v) is 10.2. The number of unbranched alkanes of at least 4 members (excludes halogenated alkanes) is 12. The zero-order valence-corrected chi connectivity index (χ0v) is 45.6. The number of primary amides is 1. The van der Waals surface area contributed by atoms with Crippen LogP contribution in [-0.2, 0) is 48.8 Å². The third-order valence-corrected chi connectivity index (χ3v) is 14.6. The van der Waals surface area contributed by atoms with Gasteiger partial charge < -0.3 is 92.3 Å². The molecule has 30 heteroatoms. The molecular formula is C50H80N8O21S. The van der Waals surface area contributed by atoms with E-state index in [2.05, 4.69) is 27.1 Å². The Balaban J connectivity index is 1.72. The molecule has 0 saturated carbocycles. The minimum atomic E-state index is -5.33. The lowest BCUT2D eigenvalue weighted by molar-refractivity contribution is -0.149. The number of hydrogen-bond donors (Lipinski definition) is 16. The summed E-state index contributed by atoms with van der Waals surface area (Å²) >= 11 is 0. The number of nitrogens with zero attached hydrogens (tertiary/aromatic N) is 2. The maximum Gasteiger partial charge on any atom is 0.446 e. The van der Waals surface area contributed by atoms with Gasteiger partial charge in [0.05, 0.1) is 30.8 Å². The summed E-state index contributed by atoms with van der Waals surface area (Å²) in [6, 6.07) is -10.4. The fourth-order valence-electron chi connectivity index (χ4n) is 9.86. The highest BCUT2D eigenvalue weighted by Gasteiger charge is 2.49. The van der Waals surface area contributed by atoms with E-state index < -0.39 is 192 Å². The molecule has 3 heterocycles. The van der Waals surface area contributed by atoms with Crippen molar-refractivity contribution in [2.45, 2.75) is 215 Å². The molecule has 3 fully saturated rings. The molecule has 1 aromatic rings. The van der Waals surface area contributed by atoms with Gasteiger partial charge in [-0.15, -0.1) is 0 Å². The number of carbonyl (C=O) groups excluding carboxylic acids is 8. The van der Waals surface area contributed by atoms with E-state index in [1.54, 1.807) is 0 Å². The molecular weight excluding hydrogens is 1080 g/mol. The predicted octanol–water partition coefficient (Wildman–Crippen LogP) is -3.87. The highest BCUT2D eigenvalue weighted by Crippen LogP contribution is 2.32.